The fraction of sp³-hybridized carbons (Fsp3) is 0.571. The summed E-state index contributed by atoms with van der Waals surface area (Å²) in [5.41, 5.74) is 7.05. The van der Waals surface area contributed by atoms with Gasteiger partial charge in [-0.25, -0.2) is 0 Å². The zero-order valence-electron chi connectivity index (χ0n) is 10.6. The maximum absolute atomic E-state index is 5.80. The molecule has 2 N–H and O–H groups in total. The van der Waals surface area contributed by atoms with E-state index in [4.69, 9.17) is 10.5 Å². The number of nitrogens with two attached hydrogens (primary N) is 1. The molecule has 1 atom stereocenters. The molecule has 1 aromatic carbocycles. The summed E-state index contributed by atoms with van der Waals surface area (Å²) in [4.78, 5) is 0. The van der Waals surface area contributed by atoms with Gasteiger partial charge >= 0.3 is 0 Å². The molecule has 0 aliphatic heterocycles. The fourth-order valence-electron chi connectivity index (χ4n) is 1.65. The summed E-state index contributed by atoms with van der Waals surface area (Å²) in [6.45, 7) is 7.67. The fourth-order valence-corrected chi connectivity index (χ4v) is 1.65. The lowest BCUT2D eigenvalue weighted by atomic mass is 9.96. The highest BCUT2D eigenvalue weighted by atomic mass is 16.5. The highest BCUT2D eigenvalue weighted by molar-refractivity contribution is 5.19. The first-order valence-corrected chi connectivity index (χ1v) is 5.92. The van der Waals surface area contributed by atoms with Gasteiger partial charge in [0.05, 0.1) is 5.60 Å². The number of hydrogen-bond donors (Lipinski definition) is 1. The Balaban J connectivity index is 2.45. The van der Waals surface area contributed by atoms with Crippen molar-refractivity contribution in [3.8, 4) is 0 Å². The van der Waals surface area contributed by atoms with Gasteiger partial charge in [-0.2, -0.15) is 0 Å². The van der Waals surface area contributed by atoms with Crippen molar-refractivity contribution in [3.63, 3.8) is 0 Å². The first-order chi connectivity index (χ1) is 7.53. The molecule has 0 aliphatic rings. The van der Waals surface area contributed by atoms with E-state index < -0.39 is 0 Å². The molecule has 2 heteroatoms. The van der Waals surface area contributed by atoms with Crippen molar-refractivity contribution < 1.29 is 4.74 Å². The lowest BCUT2D eigenvalue weighted by molar-refractivity contribution is -0.00601. The van der Waals surface area contributed by atoms with Gasteiger partial charge in [0, 0.05) is 6.61 Å². The van der Waals surface area contributed by atoms with Gasteiger partial charge in [-0.3, -0.25) is 0 Å². The molecule has 1 rings (SSSR count). The van der Waals surface area contributed by atoms with Crippen molar-refractivity contribution in [2.75, 3.05) is 13.2 Å². The Hall–Kier alpha value is -0.860. The molecule has 0 bridgehead atoms. The van der Waals surface area contributed by atoms with E-state index in [0.717, 1.165) is 13.0 Å². The number of benzene rings is 1. The van der Waals surface area contributed by atoms with Crippen LogP contribution in [0.4, 0.5) is 0 Å². The van der Waals surface area contributed by atoms with Crippen molar-refractivity contribution >= 4 is 0 Å². The molecule has 0 radical (unpaired) electrons. The van der Waals surface area contributed by atoms with Crippen LogP contribution in [0.1, 0.15) is 38.7 Å². The van der Waals surface area contributed by atoms with Crippen molar-refractivity contribution in [3.05, 3.63) is 35.9 Å². The second kappa shape index (κ2) is 6.02. The van der Waals surface area contributed by atoms with E-state index in [9.17, 15) is 0 Å². The molecular formula is C14H23NO. The largest absolute Gasteiger partial charge is 0.376 e. The standard InChI is InChI=1S/C14H23NO/c1-14(2,3)16-10-9-13(11-15)12-7-5-4-6-8-12/h4-8,13H,9-11,15H2,1-3H3. The zero-order valence-corrected chi connectivity index (χ0v) is 10.6. The van der Waals surface area contributed by atoms with Crippen LogP contribution in [0.5, 0.6) is 0 Å². The molecule has 0 fully saturated rings. The van der Waals surface area contributed by atoms with Gasteiger partial charge in [-0.1, -0.05) is 30.3 Å². The molecule has 2 nitrogen and oxygen atoms in total. The predicted octanol–water partition coefficient (Wildman–Crippen LogP) is 2.93. The lowest BCUT2D eigenvalue weighted by Crippen LogP contribution is -2.22. The predicted molar refractivity (Wildman–Crippen MR) is 68.6 cm³/mol. The molecule has 0 saturated heterocycles. The molecule has 16 heavy (non-hydrogen) atoms. The minimum atomic E-state index is -0.0597. The summed E-state index contributed by atoms with van der Waals surface area (Å²) in [6.07, 6.45) is 0.984. The van der Waals surface area contributed by atoms with Crippen molar-refractivity contribution in [2.24, 2.45) is 5.73 Å². The van der Waals surface area contributed by atoms with Crippen LogP contribution in [-0.2, 0) is 4.74 Å². The van der Waals surface area contributed by atoms with Crippen LogP contribution in [0.2, 0.25) is 0 Å². The second-order valence-corrected chi connectivity index (χ2v) is 5.09. The van der Waals surface area contributed by atoms with Crippen LogP contribution in [0, 0.1) is 0 Å². The zero-order chi connectivity index (χ0) is 12.0. The Morgan fingerprint density at radius 3 is 2.31 bits per heavy atom. The quantitative estimate of drug-likeness (QED) is 0.829. The SMILES string of the molecule is CC(C)(C)OCCC(CN)c1ccccc1. The Bertz CT molecular complexity index is 289. The van der Waals surface area contributed by atoms with Crippen LogP contribution in [0.25, 0.3) is 0 Å². The molecule has 1 unspecified atom stereocenters. The Morgan fingerprint density at radius 2 is 1.81 bits per heavy atom. The van der Waals surface area contributed by atoms with E-state index in [1.807, 2.05) is 6.07 Å². The third kappa shape index (κ3) is 4.77. The van der Waals surface area contributed by atoms with E-state index in [0.29, 0.717) is 12.5 Å². The van der Waals surface area contributed by atoms with Gasteiger partial charge in [-0.05, 0) is 45.2 Å². The van der Waals surface area contributed by atoms with E-state index in [1.54, 1.807) is 0 Å². The summed E-state index contributed by atoms with van der Waals surface area (Å²) >= 11 is 0. The molecule has 90 valence electrons. The number of rotatable bonds is 5. The summed E-state index contributed by atoms with van der Waals surface area (Å²) < 4.78 is 5.73. The Labute approximate surface area is 98.8 Å². The average Bonchev–Trinajstić information content (AvgIpc) is 2.24. The summed E-state index contributed by atoms with van der Waals surface area (Å²) in [5.74, 6) is 0.406. The van der Waals surface area contributed by atoms with Crippen LogP contribution >= 0.6 is 0 Å². The third-order valence-electron chi connectivity index (χ3n) is 2.56. The molecular weight excluding hydrogens is 198 g/mol. The molecule has 0 heterocycles. The lowest BCUT2D eigenvalue weighted by Gasteiger charge is -2.22. The Morgan fingerprint density at radius 1 is 1.19 bits per heavy atom. The van der Waals surface area contributed by atoms with E-state index in [1.165, 1.54) is 5.56 Å². The van der Waals surface area contributed by atoms with Crippen molar-refractivity contribution in [1.82, 2.24) is 0 Å². The first-order valence-electron chi connectivity index (χ1n) is 5.92. The maximum Gasteiger partial charge on any atom is 0.0598 e. The van der Waals surface area contributed by atoms with E-state index in [-0.39, 0.29) is 5.60 Å². The molecule has 0 aliphatic carbocycles. The maximum atomic E-state index is 5.80. The monoisotopic (exact) mass is 221 g/mol. The van der Waals surface area contributed by atoms with Gasteiger partial charge < -0.3 is 10.5 Å². The minimum absolute atomic E-state index is 0.0597. The van der Waals surface area contributed by atoms with Crippen LogP contribution in [0.15, 0.2) is 30.3 Å². The first kappa shape index (κ1) is 13.2. The molecule has 0 amide bonds. The molecule has 1 aromatic rings. The van der Waals surface area contributed by atoms with Gasteiger partial charge in [0.2, 0.25) is 0 Å². The molecule has 0 spiro atoms. The van der Waals surface area contributed by atoms with Gasteiger partial charge in [-0.15, -0.1) is 0 Å². The van der Waals surface area contributed by atoms with E-state index in [2.05, 4.69) is 45.0 Å². The normalized spacial score (nSPS) is 13.8. The summed E-state index contributed by atoms with van der Waals surface area (Å²) in [6, 6.07) is 10.4. The summed E-state index contributed by atoms with van der Waals surface area (Å²) in [7, 11) is 0. The van der Waals surface area contributed by atoms with Gasteiger partial charge in [0.1, 0.15) is 0 Å². The molecule has 0 aromatic heterocycles. The highest BCUT2D eigenvalue weighted by Crippen LogP contribution is 2.19. The second-order valence-electron chi connectivity index (χ2n) is 5.09. The third-order valence-corrected chi connectivity index (χ3v) is 2.56. The summed E-state index contributed by atoms with van der Waals surface area (Å²) in [5, 5.41) is 0. The number of hydrogen-bond acceptors (Lipinski definition) is 2. The van der Waals surface area contributed by atoms with Gasteiger partial charge in [0.15, 0.2) is 0 Å². The smallest absolute Gasteiger partial charge is 0.0598 e. The topological polar surface area (TPSA) is 35.2 Å². The van der Waals surface area contributed by atoms with Crippen LogP contribution in [-0.4, -0.2) is 18.8 Å². The highest BCUT2D eigenvalue weighted by Gasteiger charge is 2.13. The van der Waals surface area contributed by atoms with E-state index >= 15 is 0 Å². The van der Waals surface area contributed by atoms with Crippen LogP contribution < -0.4 is 5.73 Å². The Kier molecular flexibility index (Phi) is 4.97. The van der Waals surface area contributed by atoms with Crippen LogP contribution in [0.3, 0.4) is 0 Å². The van der Waals surface area contributed by atoms with Crippen molar-refractivity contribution in [1.29, 1.82) is 0 Å². The number of ether oxygens (including phenoxy) is 1. The van der Waals surface area contributed by atoms with Crippen molar-refractivity contribution in [2.45, 2.75) is 38.7 Å². The minimum Gasteiger partial charge on any atom is -0.376 e. The van der Waals surface area contributed by atoms with Gasteiger partial charge in [0.25, 0.3) is 0 Å². The molecule has 0 saturated carbocycles. The average molecular weight is 221 g/mol.